The third-order valence-electron chi connectivity index (χ3n) is 4.31. The smallest absolute Gasteiger partial charge is 0.227 e. The molecule has 0 radical (unpaired) electrons. The molecule has 21 heavy (non-hydrogen) atoms. The van der Waals surface area contributed by atoms with Crippen LogP contribution in [0.1, 0.15) is 38.3 Å². The maximum Gasteiger partial charge on any atom is 0.227 e. The minimum atomic E-state index is 0.613. The molecule has 1 fully saturated rings. The molecule has 0 saturated heterocycles. The number of benzene rings is 1. The number of nitrogens with zero attached hydrogens (tertiary/aromatic N) is 1. The van der Waals surface area contributed by atoms with Crippen LogP contribution in [0.5, 0.6) is 0 Å². The fraction of sp³-hybridized carbons (Fsp3) is 0.471. The largest absolute Gasteiger partial charge is 0.444 e. The maximum atomic E-state index is 5.62. The summed E-state index contributed by atoms with van der Waals surface area (Å²) >= 11 is 3.54. The molecule has 0 aliphatic heterocycles. The van der Waals surface area contributed by atoms with Crippen LogP contribution in [0.2, 0.25) is 0 Å². The number of halogens is 1. The quantitative estimate of drug-likeness (QED) is 0.864. The Morgan fingerprint density at radius 2 is 2.10 bits per heavy atom. The summed E-state index contributed by atoms with van der Waals surface area (Å²) in [5.74, 6) is 1.43. The van der Waals surface area contributed by atoms with Gasteiger partial charge in [-0.3, -0.25) is 0 Å². The van der Waals surface area contributed by atoms with Gasteiger partial charge in [-0.25, -0.2) is 4.98 Å². The van der Waals surface area contributed by atoms with Crippen molar-refractivity contribution < 1.29 is 4.42 Å². The average Bonchev–Trinajstić information content (AvgIpc) is 2.96. The standard InChI is InChI=1S/C17H21BrN2O/c1-12-6-2-5-9-16(12)19-10-13-11-21-17(20-13)14-7-3-4-8-15(14)18/h3-4,7-8,11-12,16,19H,2,5-6,9-10H2,1H3. The van der Waals surface area contributed by atoms with E-state index in [1.54, 1.807) is 6.26 Å². The second-order valence-corrected chi connectivity index (χ2v) is 6.73. The predicted molar refractivity (Wildman–Crippen MR) is 87.9 cm³/mol. The van der Waals surface area contributed by atoms with E-state index in [1.807, 2.05) is 24.3 Å². The molecule has 0 bridgehead atoms. The Kier molecular flexibility index (Phi) is 4.76. The van der Waals surface area contributed by atoms with Gasteiger partial charge < -0.3 is 9.73 Å². The number of hydrogen-bond acceptors (Lipinski definition) is 3. The molecule has 1 aliphatic carbocycles. The van der Waals surface area contributed by atoms with E-state index in [4.69, 9.17) is 4.42 Å². The van der Waals surface area contributed by atoms with E-state index in [-0.39, 0.29) is 0 Å². The molecular formula is C17H21BrN2O. The van der Waals surface area contributed by atoms with Crippen LogP contribution in [-0.4, -0.2) is 11.0 Å². The molecule has 0 amide bonds. The van der Waals surface area contributed by atoms with E-state index in [1.165, 1.54) is 25.7 Å². The molecule has 1 N–H and O–H groups in total. The first kappa shape index (κ1) is 14.8. The van der Waals surface area contributed by atoms with Crippen LogP contribution in [0.3, 0.4) is 0 Å². The van der Waals surface area contributed by atoms with Crippen LogP contribution in [0.25, 0.3) is 11.5 Å². The monoisotopic (exact) mass is 348 g/mol. The molecule has 3 rings (SSSR count). The first-order valence-corrected chi connectivity index (χ1v) is 8.46. The lowest BCUT2D eigenvalue weighted by Crippen LogP contribution is -2.36. The SMILES string of the molecule is CC1CCCCC1NCc1coc(-c2ccccc2Br)n1. The molecule has 1 aromatic heterocycles. The van der Waals surface area contributed by atoms with E-state index in [9.17, 15) is 0 Å². The van der Waals surface area contributed by atoms with Crippen LogP contribution in [0.15, 0.2) is 39.4 Å². The predicted octanol–water partition coefficient (Wildman–Crippen LogP) is 4.77. The van der Waals surface area contributed by atoms with Gasteiger partial charge in [0.1, 0.15) is 6.26 Å². The van der Waals surface area contributed by atoms with Crippen molar-refractivity contribution in [2.75, 3.05) is 0 Å². The number of rotatable bonds is 4. The Balaban J connectivity index is 1.64. The van der Waals surface area contributed by atoms with Crippen molar-refractivity contribution in [1.82, 2.24) is 10.3 Å². The van der Waals surface area contributed by atoms with Gasteiger partial charge in [0.25, 0.3) is 0 Å². The molecule has 4 heteroatoms. The van der Waals surface area contributed by atoms with Crippen molar-refractivity contribution in [2.45, 2.75) is 45.2 Å². The summed E-state index contributed by atoms with van der Waals surface area (Å²) in [5.41, 5.74) is 1.97. The van der Waals surface area contributed by atoms with Crippen molar-refractivity contribution >= 4 is 15.9 Å². The first-order valence-electron chi connectivity index (χ1n) is 7.67. The average molecular weight is 349 g/mol. The summed E-state index contributed by atoms with van der Waals surface area (Å²) in [4.78, 5) is 4.59. The van der Waals surface area contributed by atoms with E-state index >= 15 is 0 Å². The Bertz CT molecular complexity index is 596. The van der Waals surface area contributed by atoms with Crippen LogP contribution < -0.4 is 5.32 Å². The number of oxazole rings is 1. The summed E-state index contributed by atoms with van der Waals surface area (Å²) in [5, 5.41) is 3.63. The van der Waals surface area contributed by atoms with Gasteiger partial charge in [-0.2, -0.15) is 0 Å². The highest BCUT2D eigenvalue weighted by Gasteiger charge is 2.21. The van der Waals surface area contributed by atoms with Crippen molar-refractivity contribution in [3.63, 3.8) is 0 Å². The lowest BCUT2D eigenvalue weighted by Gasteiger charge is -2.29. The second kappa shape index (κ2) is 6.75. The van der Waals surface area contributed by atoms with Gasteiger partial charge in [0.2, 0.25) is 5.89 Å². The van der Waals surface area contributed by atoms with Crippen LogP contribution in [0.4, 0.5) is 0 Å². The molecule has 0 spiro atoms. The van der Waals surface area contributed by atoms with E-state index < -0.39 is 0 Å². The van der Waals surface area contributed by atoms with Crippen LogP contribution in [-0.2, 0) is 6.54 Å². The third kappa shape index (κ3) is 3.55. The fourth-order valence-electron chi connectivity index (χ4n) is 3.00. The highest BCUT2D eigenvalue weighted by Crippen LogP contribution is 2.27. The van der Waals surface area contributed by atoms with Crippen LogP contribution in [0, 0.1) is 5.92 Å². The number of hydrogen-bond donors (Lipinski definition) is 1. The summed E-state index contributed by atoms with van der Waals surface area (Å²) in [6, 6.07) is 8.61. The molecule has 1 aromatic carbocycles. The summed E-state index contributed by atoms with van der Waals surface area (Å²) in [6.07, 6.45) is 7.07. The normalized spacial score (nSPS) is 22.4. The summed E-state index contributed by atoms with van der Waals surface area (Å²) in [7, 11) is 0. The lowest BCUT2D eigenvalue weighted by molar-refractivity contribution is 0.278. The summed E-state index contributed by atoms with van der Waals surface area (Å²) < 4.78 is 6.62. The van der Waals surface area contributed by atoms with E-state index in [0.717, 1.165) is 28.2 Å². The molecule has 112 valence electrons. The molecular weight excluding hydrogens is 328 g/mol. The topological polar surface area (TPSA) is 38.1 Å². The van der Waals surface area contributed by atoms with Crippen molar-refractivity contribution in [2.24, 2.45) is 5.92 Å². The molecule has 2 atom stereocenters. The van der Waals surface area contributed by atoms with Gasteiger partial charge in [-0.15, -0.1) is 0 Å². The van der Waals surface area contributed by atoms with Gasteiger partial charge >= 0.3 is 0 Å². The van der Waals surface area contributed by atoms with Gasteiger partial charge in [-0.05, 0) is 46.8 Å². The third-order valence-corrected chi connectivity index (χ3v) is 5.00. The van der Waals surface area contributed by atoms with E-state index in [2.05, 4.69) is 33.2 Å². The maximum absolute atomic E-state index is 5.62. The Labute approximate surface area is 134 Å². The molecule has 3 nitrogen and oxygen atoms in total. The molecule has 1 aliphatic rings. The molecule has 2 unspecified atom stereocenters. The highest BCUT2D eigenvalue weighted by atomic mass is 79.9. The molecule has 1 heterocycles. The molecule has 1 saturated carbocycles. The second-order valence-electron chi connectivity index (χ2n) is 5.87. The number of nitrogens with one attached hydrogen (secondary N) is 1. The van der Waals surface area contributed by atoms with Crippen molar-refractivity contribution in [3.8, 4) is 11.5 Å². The molecule has 2 aromatic rings. The van der Waals surface area contributed by atoms with E-state index in [0.29, 0.717) is 11.9 Å². The lowest BCUT2D eigenvalue weighted by atomic mass is 9.86. The number of aromatic nitrogens is 1. The Morgan fingerprint density at radius 1 is 1.29 bits per heavy atom. The van der Waals surface area contributed by atoms with Gasteiger partial charge in [0.05, 0.1) is 11.3 Å². The Morgan fingerprint density at radius 3 is 2.90 bits per heavy atom. The Hall–Kier alpha value is -1.13. The van der Waals surface area contributed by atoms with Crippen molar-refractivity contribution in [1.29, 1.82) is 0 Å². The fourth-order valence-corrected chi connectivity index (χ4v) is 3.46. The first-order chi connectivity index (χ1) is 10.2. The zero-order valence-electron chi connectivity index (χ0n) is 12.3. The zero-order valence-corrected chi connectivity index (χ0v) is 13.9. The van der Waals surface area contributed by atoms with Gasteiger partial charge in [-0.1, -0.05) is 31.9 Å². The van der Waals surface area contributed by atoms with Gasteiger partial charge in [0.15, 0.2) is 0 Å². The minimum Gasteiger partial charge on any atom is -0.444 e. The minimum absolute atomic E-state index is 0.613. The van der Waals surface area contributed by atoms with Gasteiger partial charge in [0, 0.05) is 17.1 Å². The van der Waals surface area contributed by atoms with Crippen LogP contribution >= 0.6 is 15.9 Å². The highest BCUT2D eigenvalue weighted by molar-refractivity contribution is 9.10. The summed E-state index contributed by atoms with van der Waals surface area (Å²) in [6.45, 7) is 3.12. The van der Waals surface area contributed by atoms with Crippen molar-refractivity contribution in [3.05, 3.63) is 40.7 Å². The zero-order chi connectivity index (χ0) is 14.7.